The van der Waals surface area contributed by atoms with E-state index in [2.05, 4.69) is 63.1 Å². The summed E-state index contributed by atoms with van der Waals surface area (Å²) in [5.41, 5.74) is 9.42. The van der Waals surface area contributed by atoms with Crippen molar-refractivity contribution in [3.05, 3.63) is 201 Å². The van der Waals surface area contributed by atoms with Crippen LogP contribution in [0.4, 0.5) is 0 Å². The van der Waals surface area contributed by atoms with Crippen LogP contribution in [0.5, 0.6) is 23.0 Å². The molecule has 6 aromatic carbocycles. The van der Waals surface area contributed by atoms with E-state index < -0.39 is 0 Å². The molecule has 7 heteroatoms. The molecule has 10 aromatic rings. The van der Waals surface area contributed by atoms with Gasteiger partial charge in [-0.3, -0.25) is 14.5 Å². The molecule has 0 saturated heterocycles. The predicted octanol–water partition coefficient (Wildman–Crippen LogP) is 12.6. The summed E-state index contributed by atoms with van der Waals surface area (Å²) in [6.07, 6.45) is 7.12. The van der Waals surface area contributed by atoms with Crippen molar-refractivity contribution in [2.45, 2.75) is 0 Å². The fraction of sp³-hybridized carbons (Fsp3) is 0. The normalized spacial score (nSPS) is 11.2. The molecule has 0 atom stereocenters. The molecule has 0 fully saturated rings. The molecule has 0 spiro atoms. The van der Waals surface area contributed by atoms with Gasteiger partial charge in [-0.05, 0) is 77.9 Å². The van der Waals surface area contributed by atoms with Crippen molar-refractivity contribution < 1.29 is 9.47 Å². The van der Waals surface area contributed by atoms with Crippen molar-refractivity contribution in [3.63, 3.8) is 0 Å². The first kappa shape index (κ1) is 33.7. The first-order valence-electron chi connectivity index (χ1n) is 18.7. The minimum absolute atomic E-state index is 0.531. The van der Waals surface area contributed by atoms with Gasteiger partial charge in [-0.15, -0.1) is 0 Å². The Kier molecular flexibility index (Phi) is 8.70. The van der Waals surface area contributed by atoms with Crippen molar-refractivity contribution in [3.8, 4) is 73.7 Å². The third-order valence-corrected chi connectivity index (χ3v) is 9.93. The smallest absolute Gasteiger partial charge is 0.234 e. The summed E-state index contributed by atoms with van der Waals surface area (Å²) in [6, 6.07) is 59.0. The molecule has 0 saturated carbocycles. The maximum Gasteiger partial charge on any atom is 0.234 e. The second kappa shape index (κ2) is 14.7. The molecule has 0 aliphatic heterocycles. The number of benzene rings is 6. The molecule has 7 nitrogen and oxygen atoms in total. The highest BCUT2D eigenvalue weighted by atomic mass is 16.5. The molecule has 0 amide bonds. The summed E-state index contributed by atoms with van der Waals surface area (Å²) in [5.74, 6) is 3.31. The van der Waals surface area contributed by atoms with Gasteiger partial charge in [-0.2, -0.15) is 0 Å². The van der Waals surface area contributed by atoms with Gasteiger partial charge in [0.05, 0.1) is 22.4 Å². The van der Waals surface area contributed by atoms with Crippen molar-refractivity contribution in [2.75, 3.05) is 0 Å². The topological polar surface area (TPSA) is 75.0 Å². The molecular weight excluding hydrogens is 703 g/mol. The van der Waals surface area contributed by atoms with E-state index in [1.54, 1.807) is 24.8 Å². The van der Waals surface area contributed by atoms with Gasteiger partial charge in [-0.25, -0.2) is 9.97 Å². The van der Waals surface area contributed by atoms with Gasteiger partial charge >= 0.3 is 0 Å². The van der Waals surface area contributed by atoms with Crippen molar-refractivity contribution >= 4 is 21.8 Å². The number of nitrogens with zero attached hydrogens (tertiary/aromatic N) is 5. The summed E-state index contributed by atoms with van der Waals surface area (Å²) in [5, 5.41) is 2.04. The van der Waals surface area contributed by atoms with Crippen LogP contribution in [0, 0.1) is 0 Å². The monoisotopic (exact) mass is 735 g/mol. The van der Waals surface area contributed by atoms with E-state index in [1.807, 2.05) is 127 Å². The Morgan fingerprint density at radius 1 is 0.351 bits per heavy atom. The minimum Gasteiger partial charge on any atom is -0.457 e. The highest BCUT2D eigenvalue weighted by molar-refractivity contribution is 6.13. The van der Waals surface area contributed by atoms with E-state index in [4.69, 9.17) is 19.4 Å². The lowest BCUT2D eigenvalue weighted by Gasteiger charge is -2.14. The van der Waals surface area contributed by atoms with E-state index in [9.17, 15) is 0 Å². The fourth-order valence-corrected chi connectivity index (χ4v) is 7.31. The number of aromatic nitrogens is 5. The van der Waals surface area contributed by atoms with Gasteiger partial charge in [0.15, 0.2) is 0 Å². The quantitative estimate of drug-likeness (QED) is 0.147. The molecule has 57 heavy (non-hydrogen) atoms. The standard InChI is InChI=1S/C50H33N5O2/c1-3-14-34(15-4-1)40-30-42-43-31-41(35-16-5-2-6-17-35)49(57-39-21-12-19-37(29-39)45-23-8-10-25-52-45)33-47(43)55(50-53-26-13-27-54-50)46(42)32-48(40)56-38-20-11-18-36(28-38)44-22-7-9-24-51-44/h1-33H. The number of rotatable bonds is 9. The van der Waals surface area contributed by atoms with Gasteiger partial charge in [0.1, 0.15) is 23.0 Å². The second-order valence-electron chi connectivity index (χ2n) is 13.5. The molecule has 4 aromatic heterocycles. The average Bonchev–Trinajstić information content (AvgIpc) is 3.59. The largest absolute Gasteiger partial charge is 0.457 e. The molecule has 10 rings (SSSR count). The van der Waals surface area contributed by atoms with Crippen LogP contribution in [0.1, 0.15) is 0 Å². The third kappa shape index (κ3) is 6.64. The molecule has 0 N–H and O–H groups in total. The number of fused-ring (bicyclic) bond motifs is 3. The first-order chi connectivity index (χ1) is 28.2. The number of ether oxygens (including phenoxy) is 2. The lowest BCUT2D eigenvalue weighted by molar-refractivity contribution is 0.485. The molecule has 0 unspecified atom stereocenters. The zero-order valence-corrected chi connectivity index (χ0v) is 30.6. The SMILES string of the molecule is c1ccc(-c2cc3c4cc(-c5ccccc5)c(Oc5cccc(-c6ccccn6)c5)cc4n(-c4ncccn4)c3cc2Oc2cccc(-c3ccccn3)c2)cc1. The van der Waals surface area contributed by atoms with Gasteiger partial charge in [0.2, 0.25) is 5.95 Å². The van der Waals surface area contributed by atoms with E-state index in [-0.39, 0.29) is 0 Å². The fourth-order valence-electron chi connectivity index (χ4n) is 7.31. The Hall–Kier alpha value is -7.90. The Labute approximate surface area is 329 Å². The summed E-state index contributed by atoms with van der Waals surface area (Å²) in [4.78, 5) is 18.6. The van der Waals surface area contributed by atoms with Gasteiger partial charge in [0.25, 0.3) is 0 Å². The van der Waals surface area contributed by atoms with Crippen LogP contribution in [-0.2, 0) is 0 Å². The zero-order valence-electron chi connectivity index (χ0n) is 30.6. The van der Waals surface area contributed by atoms with Crippen LogP contribution in [-0.4, -0.2) is 24.5 Å². The molecule has 0 radical (unpaired) electrons. The van der Waals surface area contributed by atoms with Crippen molar-refractivity contribution in [1.82, 2.24) is 24.5 Å². The average molecular weight is 736 g/mol. The van der Waals surface area contributed by atoms with Crippen LogP contribution in [0.15, 0.2) is 201 Å². The number of hydrogen-bond donors (Lipinski definition) is 0. The summed E-state index contributed by atoms with van der Waals surface area (Å²) < 4.78 is 15.8. The molecule has 4 heterocycles. The van der Waals surface area contributed by atoms with Crippen LogP contribution >= 0.6 is 0 Å². The number of pyridine rings is 2. The maximum atomic E-state index is 6.85. The number of hydrogen-bond acceptors (Lipinski definition) is 6. The van der Waals surface area contributed by atoms with E-state index in [0.29, 0.717) is 28.9 Å². The highest BCUT2D eigenvalue weighted by Crippen LogP contribution is 2.45. The first-order valence-corrected chi connectivity index (χ1v) is 18.7. The van der Waals surface area contributed by atoms with Gasteiger partial charge in [-0.1, -0.05) is 97.1 Å². The Morgan fingerprint density at radius 2 is 0.789 bits per heavy atom. The molecule has 270 valence electrons. The maximum absolute atomic E-state index is 6.85. The van der Waals surface area contributed by atoms with Gasteiger partial charge in [0, 0.05) is 69.9 Å². The lowest BCUT2D eigenvalue weighted by atomic mass is 9.99. The second-order valence-corrected chi connectivity index (χ2v) is 13.5. The van der Waals surface area contributed by atoms with Gasteiger partial charge < -0.3 is 9.47 Å². The summed E-state index contributed by atoms with van der Waals surface area (Å²) in [6.45, 7) is 0. The summed E-state index contributed by atoms with van der Waals surface area (Å²) >= 11 is 0. The Morgan fingerprint density at radius 3 is 1.25 bits per heavy atom. The minimum atomic E-state index is 0.531. The Balaban J connectivity index is 1.20. The lowest BCUT2D eigenvalue weighted by Crippen LogP contribution is -2.00. The van der Waals surface area contributed by atoms with Crippen LogP contribution in [0.3, 0.4) is 0 Å². The van der Waals surface area contributed by atoms with E-state index in [1.165, 1.54) is 0 Å². The highest BCUT2D eigenvalue weighted by Gasteiger charge is 2.22. The molecular formula is C50H33N5O2. The summed E-state index contributed by atoms with van der Waals surface area (Å²) in [7, 11) is 0. The third-order valence-electron chi connectivity index (χ3n) is 9.93. The Bertz CT molecular complexity index is 2810. The van der Waals surface area contributed by atoms with Crippen LogP contribution < -0.4 is 9.47 Å². The zero-order chi connectivity index (χ0) is 38.0. The van der Waals surface area contributed by atoms with E-state index in [0.717, 1.165) is 66.6 Å². The molecule has 0 aliphatic carbocycles. The van der Waals surface area contributed by atoms with Crippen molar-refractivity contribution in [2.24, 2.45) is 0 Å². The van der Waals surface area contributed by atoms with Crippen molar-refractivity contribution in [1.29, 1.82) is 0 Å². The van der Waals surface area contributed by atoms with Crippen LogP contribution in [0.25, 0.3) is 72.5 Å². The van der Waals surface area contributed by atoms with Crippen LogP contribution in [0.2, 0.25) is 0 Å². The molecule has 0 bridgehead atoms. The predicted molar refractivity (Wildman–Crippen MR) is 227 cm³/mol. The van der Waals surface area contributed by atoms with E-state index >= 15 is 0 Å². The molecule has 0 aliphatic rings.